The lowest BCUT2D eigenvalue weighted by atomic mass is 10.2. The van der Waals surface area contributed by atoms with Crippen LogP contribution in [0.3, 0.4) is 0 Å². The Morgan fingerprint density at radius 2 is 2.30 bits per heavy atom. The molecule has 1 amide bonds. The molecule has 1 aliphatic heterocycles. The number of nitrogens with zero attached hydrogens (tertiary/aromatic N) is 1. The minimum atomic E-state index is -0.0793. The summed E-state index contributed by atoms with van der Waals surface area (Å²) in [5.41, 5.74) is 0.697. The van der Waals surface area contributed by atoms with E-state index in [9.17, 15) is 4.79 Å². The smallest absolute Gasteiger partial charge is 0.227 e. The van der Waals surface area contributed by atoms with E-state index in [1.807, 2.05) is 6.07 Å². The van der Waals surface area contributed by atoms with E-state index in [1.165, 1.54) is 0 Å². The number of carbonyl (C=O) groups excluding carboxylic acids is 1. The van der Waals surface area contributed by atoms with Gasteiger partial charge in [-0.05, 0) is 24.3 Å². The Bertz CT molecular complexity index is 475. The molecule has 1 aliphatic rings. The van der Waals surface area contributed by atoms with Crippen molar-refractivity contribution in [3.8, 4) is 11.8 Å². The zero-order valence-electron chi connectivity index (χ0n) is 11.1. The molecule has 6 nitrogen and oxygen atoms in total. The maximum atomic E-state index is 11.8. The Balaban J connectivity index is 1.80. The number of nitrogens with one attached hydrogen (secondary N) is 2. The Morgan fingerprint density at radius 3 is 2.95 bits per heavy atom. The third-order valence-electron chi connectivity index (χ3n) is 2.86. The van der Waals surface area contributed by atoms with Crippen molar-refractivity contribution in [1.29, 1.82) is 5.26 Å². The molecule has 1 aromatic rings. The molecule has 106 valence electrons. The zero-order chi connectivity index (χ0) is 14.2. The molecule has 0 saturated carbocycles. The summed E-state index contributed by atoms with van der Waals surface area (Å²) in [4.78, 5) is 11.8. The van der Waals surface area contributed by atoms with Gasteiger partial charge >= 0.3 is 0 Å². The first kappa shape index (κ1) is 14.3. The highest BCUT2D eigenvalue weighted by molar-refractivity contribution is 5.91. The molecule has 1 unspecified atom stereocenters. The third kappa shape index (κ3) is 4.53. The highest BCUT2D eigenvalue weighted by Crippen LogP contribution is 2.16. The molecule has 1 saturated heterocycles. The van der Waals surface area contributed by atoms with E-state index >= 15 is 0 Å². The van der Waals surface area contributed by atoms with Gasteiger partial charge in [0.25, 0.3) is 0 Å². The van der Waals surface area contributed by atoms with Gasteiger partial charge in [-0.2, -0.15) is 5.26 Å². The van der Waals surface area contributed by atoms with Crippen molar-refractivity contribution in [2.24, 2.45) is 0 Å². The van der Waals surface area contributed by atoms with Crippen LogP contribution < -0.4 is 15.4 Å². The monoisotopic (exact) mass is 275 g/mol. The predicted molar refractivity (Wildman–Crippen MR) is 73.4 cm³/mol. The van der Waals surface area contributed by atoms with Gasteiger partial charge in [-0.1, -0.05) is 0 Å². The number of carbonyl (C=O) groups is 1. The third-order valence-corrected chi connectivity index (χ3v) is 2.86. The molecule has 2 N–H and O–H groups in total. The molecule has 1 atom stereocenters. The molecule has 20 heavy (non-hydrogen) atoms. The summed E-state index contributed by atoms with van der Waals surface area (Å²) >= 11 is 0. The van der Waals surface area contributed by atoms with E-state index in [0.717, 1.165) is 6.54 Å². The van der Waals surface area contributed by atoms with Gasteiger partial charge in [-0.25, -0.2) is 0 Å². The number of nitriles is 1. The molecular weight excluding hydrogens is 258 g/mol. The van der Waals surface area contributed by atoms with Crippen LogP contribution in [-0.4, -0.2) is 38.3 Å². The fourth-order valence-electron chi connectivity index (χ4n) is 1.92. The van der Waals surface area contributed by atoms with Crippen molar-refractivity contribution in [3.63, 3.8) is 0 Å². The van der Waals surface area contributed by atoms with Gasteiger partial charge in [0.1, 0.15) is 11.8 Å². The van der Waals surface area contributed by atoms with E-state index in [4.69, 9.17) is 14.7 Å². The minimum Gasteiger partial charge on any atom is -0.479 e. The lowest BCUT2D eigenvalue weighted by Crippen LogP contribution is -2.40. The summed E-state index contributed by atoms with van der Waals surface area (Å²) in [6.45, 7) is 2.19. The van der Waals surface area contributed by atoms with Gasteiger partial charge in [0.05, 0.1) is 19.1 Å². The quantitative estimate of drug-likeness (QED) is 0.834. The van der Waals surface area contributed by atoms with Gasteiger partial charge in [0.15, 0.2) is 6.61 Å². The highest BCUT2D eigenvalue weighted by Gasteiger charge is 2.17. The van der Waals surface area contributed by atoms with Crippen LogP contribution in [0.5, 0.6) is 5.75 Å². The van der Waals surface area contributed by atoms with Crippen LogP contribution in [0.4, 0.5) is 5.69 Å². The fourth-order valence-corrected chi connectivity index (χ4v) is 1.92. The van der Waals surface area contributed by atoms with Gasteiger partial charge < -0.3 is 20.1 Å². The summed E-state index contributed by atoms with van der Waals surface area (Å²) in [5, 5.41) is 14.4. The van der Waals surface area contributed by atoms with E-state index in [2.05, 4.69) is 10.6 Å². The summed E-state index contributed by atoms with van der Waals surface area (Å²) in [6.07, 6.45) is 0.265. The van der Waals surface area contributed by atoms with E-state index < -0.39 is 0 Å². The Morgan fingerprint density at radius 1 is 1.50 bits per heavy atom. The van der Waals surface area contributed by atoms with E-state index in [1.54, 1.807) is 24.3 Å². The first-order valence-electron chi connectivity index (χ1n) is 6.50. The van der Waals surface area contributed by atoms with Crippen molar-refractivity contribution in [1.82, 2.24) is 5.32 Å². The Hall–Kier alpha value is -2.10. The summed E-state index contributed by atoms with van der Waals surface area (Å²) in [6, 6.07) is 8.81. The Labute approximate surface area is 117 Å². The maximum absolute atomic E-state index is 11.8. The lowest BCUT2D eigenvalue weighted by Gasteiger charge is -2.23. The van der Waals surface area contributed by atoms with Crippen molar-refractivity contribution in [2.75, 3.05) is 31.6 Å². The molecule has 0 spiro atoms. The first-order chi connectivity index (χ1) is 9.78. The standard InChI is InChI=1S/C14H17N3O3/c15-5-7-19-12-3-1-11(2-4-12)17-14(18)9-13-10-16-6-8-20-13/h1-4,13,16H,6-10H2,(H,17,18). The van der Waals surface area contributed by atoms with Crippen LogP contribution >= 0.6 is 0 Å². The predicted octanol–water partition coefficient (Wildman–Crippen LogP) is 0.906. The molecule has 6 heteroatoms. The van der Waals surface area contributed by atoms with E-state index in [-0.39, 0.29) is 18.6 Å². The largest absolute Gasteiger partial charge is 0.479 e. The zero-order valence-corrected chi connectivity index (χ0v) is 11.1. The number of amides is 1. The van der Waals surface area contributed by atoms with Crippen molar-refractivity contribution in [3.05, 3.63) is 24.3 Å². The summed E-state index contributed by atoms with van der Waals surface area (Å²) < 4.78 is 10.6. The van der Waals surface area contributed by atoms with Crippen molar-refractivity contribution in [2.45, 2.75) is 12.5 Å². The molecule has 1 aromatic carbocycles. The molecular formula is C14H17N3O3. The van der Waals surface area contributed by atoms with Crippen molar-refractivity contribution >= 4 is 11.6 Å². The molecule has 0 aromatic heterocycles. The van der Waals surface area contributed by atoms with Crippen LogP contribution in [0.15, 0.2) is 24.3 Å². The number of morpholine rings is 1. The molecule has 2 rings (SSSR count). The van der Waals surface area contributed by atoms with E-state index in [0.29, 0.717) is 31.0 Å². The minimum absolute atomic E-state index is 0.0116. The second-order valence-corrected chi connectivity index (χ2v) is 4.42. The number of benzene rings is 1. The van der Waals surface area contributed by atoms with Crippen molar-refractivity contribution < 1.29 is 14.3 Å². The fraction of sp³-hybridized carbons (Fsp3) is 0.429. The van der Waals surface area contributed by atoms with Crippen LogP contribution in [-0.2, 0) is 9.53 Å². The van der Waals surface area contributed by atoms with Crippen LogP contribution in [0.25, 0.3) is 0 Å². The molecule has 0 radical (unpaired) electrons. The lowest BCUT2D eigenvalue weighted by molar-refractivity contribution is -0.119. The number of anilines is 1. The van der Waals surface area contributed by atoms with Crippen LogP contribution in [0.2, 0.25) is 0 Å². The molecule has 0 aliphatic carbocycles. The number of rotatable bonds is 5. The van der Waals surface area contributed by atoms with Crippen LogP contribution in [0.1, 0.15) is 6.42 Å². The normalized spacial score (nSPS) is 18.1. The van der Waals surface area contributed by atoms with Crippen LogP contribution in [0, 0.1) is 11.3 Å². The van der Waals surface area contributed by atoms with Gasteiger partial charge in [-0.3, -0.25) is 4.79 Å². The maximum Gasteiger partial charge on any atom is 0.227 e. The Kier molecular flexibility index (Phi) is 5.35. The first-order valence-corrected chi connectivity index (χ1v) is 6.50. The van der Waals surface area contributed by atoms with Gasteiger partial charge in [-0.15, -0.1) is 0 Å². The molecule has 1 heterocycles. The SMILES string of the molecule is N#CCOc1ccc(NC(=O)CC2CNCCO2)cc1. The summed E-state index contributed by atoms with van der Waals surface area (Å²) in [7, 11) is 0. The topological polar surface area (TPSA) is 83.4 Å². The number of hydrogen-bond donors (Lipinski definition) is 2. The number of hydrogen-bond acceptors (Lipinski definition) is 5. The van der Waals surface area contributed by atoms with Gasteiger partial charge in [0.2, 0.25) is 5.91 Å². The molecule has 1 fully saturated rings. The second kappa shape index (κ2) is 7.48. The van der Waals surface area contributed by atoms with Gasteiger partial charge in [0, 0.05) is 18.8 Å². The average molecular weight is 275 g/mol. The average Bonchev–Trinajstić information content (AvgIpc) is 2.47. The second-order valence-electron chi connectivity index (χ2n) is 4.42. The number of ether oxygens (including phenoxy) is 2. The highest BCUT2D eigenvalue weighted by atomic mass is 16.5. The summed E-state index contributed by atoms with van der Waals surface area (Å²) in [5.74, 6) is 0.522. The molecule has 0 bridgehead atoms.